The highest BCUT2D eigenvalue weighted by molar-refractivity contribution is 9.10. The number of carbonyl (C=O) groups excluding carboxylic acids is 2. The van der Waals surface area contributed by atoms with Crippen LogP contribution in [0.1, 0.15) is 24.8 Å². The maximum Gasteiger partial charge on any atom is 0.223 e. The lowest BCUT2D eigenvalue weighted by molar-refractivity contribution is -0.141. The van der Waals surface area contributed by atoms with E-state index in [2.05, 4.69) is 21.0 Å². The first-order valence-electron chi connectivity index (χ1n) is 11.5. The van der Waals surface area contributed by atoms with Crippen molar-refractivity contribution in [2.24, 2.45) is 13.0 Å². The van der Waals surface area contributed by atoms with Crippen LogP contribution in [0.2, 0.25) is 0 Å². The summed E-state index contributed by atoms with van der Waals surface area (Å²) in [7, 11) is 1.87. The van der Waals surface area contributed by atoms with Crippen molar-refractivity contribution < 1.29 is 19.1 Å². The minimum absolute atomic E-state index is 0.0598. The summed E-state index contributed by atoms with van der Waals surface area (Å²) >= 11 is 3.49. The molecule has 178 valence electrons. The highest BCUT2D eigenvalue weighted by Gasteiger charge is 2.35. The van der Waals surface area contributed by atoms with Crippen LogP contribution in [0, 0.1) is 5.92 Å². The second-order valence-corrected chi connectivity index (χ2v) is 9.64. The van der Waals surface area contributed by atoms with E-state index in [4.69, 9.17) is 9.47 Å². The average molecular weight is 519 g/mol. The number of carbonyl (C=O) groups is 2. The van der Waals surface area contributed by atoms with Gasteiger partial charge in [0.05, 0.1) is 19.4 Å². The molecule has 1 aromatic carbocycles. The van der Waals surface area contributed by atoms with Gasteiger partial charge in [-0.3, -0.25) is 14.3 Å². The quantitative estimate of drug-likeness (QED) is 0.563. The van der Waals surface area contributed by atoms with Crippen molar-refractivity contribution in [1.82, 2.24) is 19.6 Å². The molecule has 0 saturated carbocycles. The molecule has 9 heteroatoms. The fourth-order valence-corrected chi connectivity index (χ4v) is 4.86. The summed E-state index contributed by atoms with van der Waals surface area (Å²) in [5, 5.41) is 4.17. The van der Waals surface area contributed by atoms with E-state index in [1.165, 1.54) is 0 Å². The van der Waals surface area contributed by atoms with Gasteiger partial charge in [-0.05, 0) is 30.2 Å². The van der Waals surface area contributed by atoms with E-state index in [1.54, 1.807) is 10.9 Å². The van der Waals surface area contributed by atoms with Gasteiger partial charge >= 0.3 is 0 Å². The number of hydrogen-bond acceptors (Lipinski definition) is 5. The second-order valence-electron chi connectivity index (χ2n) is 8.72. The standard InChI is InChI=1S/C24H31BrN4O4/c1-27-16-18(15-26-27)5-6-23(30)29-8-7-22(33-21-4-2-3-20(25)14-21)19(17-29)13-24(31)28-9-11-32-12-10-28/h2-4,14-16,19,22H,5-13,17H2,1H3/t19-,22-/m0/s1. The molecule has 0 unspecified atom stereocenters. The number of ether oxygens (including phenoxy) is 2. The lowest BCUT2D eigenvalue weighted by atomic mass is 9.90. The van der Waals surface area contributed by atoms with Crippen LogP contribution in [0.5, 0.6) is 5.75 Å². The molecule has 2 aliphatic rings. The normalized spacial score (nSPS) is 21.2. The number of hydrogen-bond donors (Lipinski definition) is 0. The zero-order valence-corrected chi connectivity index (χ0v) is 20.6. The Morgan fingerprint density at radius 1 is 1.18 bits per heavy atom. The minimum Gasteiger partial charge on any atom is -0.490 e. The van der Waals surface area contributed by atoms with Crippen LogP contribution >= 0.6 is 15.9 Å². The van der Waals surface area contributed by atoms with Gasteiger partial charge in [-0.15, -0.1) is 0 Å². The summed E-state index contributed by atoms with van der Waals surface area (Å²) in [5.41, 5.74) is 1.05. The summed E-state index contributed by atoms with van der Waals surface area (Å²) in [6.45, 7) is 3.56. The molecule has 0 spiro atoms. The van der Waals surface area contributed by atoms with Gasteiger partial charge in [0.25, 0.3) is 0 Å². The number of piperidine rings is 1. The Morgan fingerprint density at radius 3 is 2.73 bits per heavy atom. The number of halogens is 1. The summed E-state index contributed by atoms with van der Waals surface area (Å²) in [4.78, 5) is 29.7. The third kappa shape index (κ3) is 6.57. The number of benzene rings is 1. The molecule has 2 fully saturated rings. The maximum absolute atomic E-state index is 13.0. The average Bonchev–Trinajstić information content (AvgIpc) is 3.24. The topological polar surface area (TPSA) is 76.9 Å². The molecule has 0 bridgehead atoms. The van der Waals surface area contributed by atoms with Gasteiger partial charge in [-0.25, -0.2) is 0 Å². The molecule has 1 aromatic heterocycles. The fraction of sp³-hybridized carbons (Fsp3) is 0.542. The molecule has 4 rings (SSSR count). The van der Waals surface area contributed by atoms with Gasteiger partial charge in [0, 0.05) is 69.1 Å². The van der Waals surface area contributed by atoms with Crippen molar-refractivity contribution in [3.05, 3.63) is 46.7 Å². The van der Waals surface area contributed by atoms with Crippen LogP contribution in [0.25, 0.3) is 0 Å². The largest absolute Gasteiger partial charge is 0.490 e. The summed E-state index contributed by atoms with van der Waals surface area (Å²) in [6.07, 6.45) is 5.79. The first-order valence-corrected chi connectivity index (χ1v) is 12.3. The van der Waals surface area contributed by atoms with Crippen LogP contribution in [-0.2, 0) is 27.8 Å². The molecule has 2 aromatic rings. The van der Waals surface area contributed by atoms with E-state index < -0.39 is 0 Å². The number of likely N-dealkylation sites (tertiary alicyclic amines) is 1. The van der Waals surface area contributed by atoms with Crippen molar-refractivity contribution in [3.8, 4) is 5.75 Å². The third-order valence-electron chi connectivity index (χ3n) is 6.29. The second kappa shape index (κ2) is 11.2. The van der Waals surface area contributed by atoms with E-state index in [0.29, 0.717) is 65.1 Å². The fourth-order valence-electron chi connectivity index (χ4n) is 4.48. The highest BCUT2D eigenvalue weighted by Crippen LogP contribution is 2.28. The van der Waals surface area contributed by atoms with Crippen molar-refractivity contribution in [2.75, 3.05) is 39.4 Å². The first kappa shape index (κ1) is 23.8. The molecule has 0 N–H and O–H groups in total. The summed E-state index contributed by atoms with van der Waals surface area (Å²) in [5.74, 6) is 0.935. The molecular weight excluding hydrogens is 488 g/mol. The lowest BCUT2D eigenvalue weighted by Crippen LogP contribution is -2.50. The van der Waals surface area contributed by atoms with Crippen LogP contribution in [0.4, 0.5) is 0 Å². The van der Waals surface area contributed by atoms with E-state index in [0.717, 1.165) is 15.8 Å². The van der Waals surface area contributed by atoms with Crippen LogP contribution in [-0.4, -0.2) is 76.9 Å². The molecular formula is C24H31BrN4O4. The molecule has 2 atom stereocenters. The predicted molar refractivity (Wildman–Crippen MR) is 127 cm³/mol. The number of amides is 2. The molecule has 2 aliphatic heterocycles. The van der Waals surface area contributed by atoms with E-state index >= 15 is 0 Å². The molecule has 0 radical (unpaired) electrons. The Hall–Kier alpha value is -2.39. The highest BCUT2D eigenvalue weighted by atomic mass is 79.9. The number of nitrogens with zero attached hydrogens (tertiary/aromatic N) is 4. The van der Waals surface area contributed by atoms with E-state index in [-0.39, 0.29) is 23.8 Å². The van der Waals surface area contributed by atoms with Gasteiger partial charge in [0.2, 0.25) is 11.8 Å². The van der Waals surface area contributed by atoms with Gasteiger partial charge in [0.15, 0.2) is 0 Å². The maximum atomic E-state index is 13.0. The van der Waals surface area contributed by atoms with Gasteiger partial charge in [-0.2, -0.15) is 5.10 Å². The molecule has 3 heterocycles. The van der Waals surface area contributed by atoms with Crippen molar-refractivity contribution in [3.63, 3.8) is 0 Å². The Balaban J connectivity index is 1.41. The molecule has 33 heavy (non-hydrogen) atoms. The minimum atomic E-state index is -0.119. The van der Waals surface area contributed by atoms with Crippen molar-refractivity contribution >= 4 is 27.7 Å². The number of aromatic nitrogens is 2. The van der Waals surface area contributed by atoms with Crippen molar-refractivity contribution in [1.29, 1.82) is 0 Å². The van der Waals surface area contributed by atoms with Crippen molar-refractivity contribution in [2.45, 2.75) is 31.8 Å². The van der Waals surface area contributed by atoms with Gasteiger partial charge in [0.1, 0.15) is 11.9 Å². The number of rotatable bonds is 7. The van der Waals surface area contributed by atoms with E-state index in [1.807, 2.05) is 47.3 Å². The van der Waals surface area contributed by atoms with Gasteiger partial charge < -0.3 is 19.3 Å². The van der Waals surface area contributed by atoms with Crippen LogP contribution in [0.15, 0.2) is 41.1 Å². The predicted octanol–water partition coefficient (Wildman–Crippen LogP) is 2.66. The zero-order chi connectivity index (χ0) is 23.2. The molecule has 2 saturated heterocycles. The zero-order valence-electron chi connectivity index (χ0n) is 19.0. The molecule has 8 nitrogen and oxygen atoms in total. The Morgan fingerprint density at radius 2 is 2.00 bits per heavy atom. The monoisotopic (exact) mass is 518 g/mol. The first-order chi connectivity index (χ1) is 16.0. The summed E-state index contributed by atoms with van der Waals surface area (Å²) < 4.78 is 14.4. The third-order valence-corrected chi connectivity index (χ3v) is 6.78. The Labute approximate surface area is 202 Å². The van der Waals surface area contributed by atoms with E-state index in [9.17, 15) is 9.59 Å². The SMILES string of the molecule is Cn1cc(CCC(=O)N2CC[C@H](Oc3cccc(Br)c3)[C@@H](CC(=O)N3CCOCC3)C2)cn1. The van der Waals surface area contributed by atoms with Gasteiger partial charge in [-0.1, -0.05) is 22.0 Å². The Bertz CT molecular complexity index is 959. The number of morpholine rings is 1. The summed E-state index contributed by atoms with van der Waals surface area (Å²) in [6, 6.07) is 7.75. The number of aryl methyl sites for hydroxylation is 2. The smallest absolute Gasteiger partial charge is 0.223 e. The molecule has 0 aliphatic carbocycles. The van der Waals surface area contributed by atoms with Crippen LogP contribution in [0.3, 0.4) is 0 Å². The van der Waals surface area contributed by atoms with Crippen LogP contribution < -0.4 is 4.74 Å². The Kier molecular flexibility index (Phi) is 8.03. The lowest BCUT2D eigenvalue weighted by Gasteiger charge is -2.39. The molecule has 2 amide bonds.